The molecule has 4 aromatic rings. The molecule has 0 atom stereocenters. The molecule has 0 aliphatic rings. The van der Waals surface area contributed by atoms with Crippen molar-refractivity contribution < 1.29 is 30.0 Å². The molecule has 6 nitrogen and oxygen atoms in total. The van der Waals surface area contributed by atoms with Crippen molar-refractivity contribution in [3.05, 3.63) is 71.7 Å². The third kappa shape index (κ3) is 7.93. The van der Waals surface area contributed by atoms with Crippen LogP contribution in [0.3, 0.4) is 0 Å². The Hall–Kier alpha value is -3.02. The molecule has 0 amide bonds. The van der Waals surface area contributed by atoms with E-state index in [2.05, 4.69) is 71.3 Å². The Kier molecular flexibility index (Phi) is 13.1. The Balaban J connectivity index is 0.000000348. The minimum absolute atomic E-state index is 0. The van der Waals surface area contributed by atoms with Crippen molar-refractivity contribution in [2.24, 2.45) is 30.9 Å². The van der Waals surface area contributed by atoms with Crippen molar-refractivity contribution in [2.75, 3.05) is 7.05 Å². The average molecular weight is 762 g/mol. The summed E-state index contributed by atoms with van der Waals surface area (Å²) in [6.07, 6.45) is 6.78. The van der Waals surface area contributed by atoms with Gasteiger partial charge in [-0.25, -0.2) is 0 Å². The molecule has 2 heterocycles. The first-order valence-electron chi connectivity index (χ1n) is 15.3. The van der Waals surface area contributed by atoms with Crippen LogP contribution in [0.1, 0.15) is 79.7 Å². The number of allylic oxidation sites excluding steroid dienone is 2. The van der Waals surface area contributed by atoms with E-state index < -0.39 is 0 Å². The number of aliphatic hydroxyl groups is 1. The molecule has 0 aliphatic carbocycles. The van der Waals surface area contributed by atoms with Crippen LogP contribution in [0.2, 0.25) is 0 Å². The largest absolute Gasteiger partial charge is 0.512 e. The number of aliphatic hydroxyl groups excluding tert-OH is 1. The van der Waals surface area contributed by atoms with Crippen molar-refractivity contribution >= 4 is 27.6 Å². The van der Waals surface area contributed by atoms with E-state index in [4.69, 9.17) is 4.98 Å². The maximum atomic E-state index is 11.7. The van der Waals surface area contributed by atoms with Crippen molar-refractivity contribution in [3.63, 3.8) is 0 Å². The first-order valence-corrected chi connectivity index (χ1v) is 15.3. The summed E-state index contributed by atoms with van der Waals surface area (Å²) >= 11 is 0. The molecule has 0 spiro atoms. The number of aryl methyl sites for hydroxylation is 2. The van der Waals surface area contributed by atoms with Gasteiger partial charge in [0.25, 0.3) is 0 Å². The average Bonchev–Trinajstić information content (AvgIpc) is 3.22. The summed E-state index contributed by atoms with van der Waals surface area (Å²) in [6.45, 7) is 14.8. The standard InChI is InChI=1S/C23H25N4.C13H24O2.Ir/c1-23(2,3)18-14-16(13-15-9-7-8-10-17(15)18)20-21-19(11-12-25-20)26(5)22(24-4)27(21)6;1-5-10(6-2)12(14)9-13(15)11(7-3)8-4;/h7-12,14H,1-6H3;9-11,14H,5-8H2,1-4H3;/q-1;;/b;12-9-;. The number of benzene rings is 2. The molecule has 0 unspecified atom stereocenters. The fourth-order valence-corrected chi connectivity index (χ4v) is 5.73. The van der Waals surface area contributed by atoms with E-state index in [9.17, 15) is 9.90 Å². The molecule has 43 heavy (non-hydrogen) atoms. The normalized spacial score (nSPS) is 12.6. The second-order valence-corrected chi connectivity index (χ2v) is 12.1. The number of rotatable bonds is 8. The van der Waals surface area contributed by atoms with Crippen LogP contribution >= 0.6 is 0 Å². The van der Waals surface area contributed by atoms with Gasteiger partial charge >= 0.3 is 0 Å². The second-order valence-electron chi connectivity index (χ2n) is 12.1. The zero-order valence-corrected chi connectivity index (χ0v) is 30.0. The van der Waals surface area contributed by atoms with E-state index >= 15 is 0 Å². The van der Waals surface area contributed by atoms with Crippen LogP contribution in [-0.4, -0.2) is 32.1 Å². The van der Waals surface area contributed by atoms with Crippen LogP contribution in [0, 0.1) is 17.9 Å². The molecule has 0 fully saturated rings. The van der Waals surface area contributed by atoms with Crippen LogP contribution in [0.4, 0.5) is 0 Å². The summed E-state index contributed by atoms with van der Waals surface area (Å²) in [5.74, 6) is 0.547. The van der Waals surface area contributed by atoms with Gasteiger partial charge in [-0.15, -0.1) is 29.1 Å². The number of ketones is 1. The van der Waals surface area contributed by atoms with Gasteiger partial charge in [0.15, 0.2) is 5.78 Å². The molecular weight excluding hydrogens is 713 g/mol. The summed E-state index contributed by atoms with van der Waals surface area (Å²) in [5, 5.41) is 12.1. The van der Waals surface area contributed by atoms with Crippen LogP contribution in [-0.2, 0) is 44.4 Å². The van der Waals surface area contributed by atoms with Crippen molar-refractivity contribution in [1.82, 2.24) is 14.1 Å². The molecule has 4 rings (SSSR count). The molecule has 1 N–H and O–H groups in total. The van der Waals surface area contributed by atoms with Gasteiger partial charge in [-0.3, -0.25) is 14.8 Å². The Morgan fingerprint density at radius 1 is 1.00 bits per heavy atom. The van der Waals surface area contributed by atoms with Gasteiger partial charge in [0.05, 0.1) is 16.8 Å². The number of hydrogen-bond donors (Lipinski definition) is 1. The van der Waals surface area contributed by atoms with Crippen LogP contribution < -0.4 is 5.62 Å². The Morgan fingerprint density at radius 3 is 2.16 bits per heavy atom. The number of aromatic nitrogens is 3. The molecule has 0 saturated heterocycles. The van der Waals surface area contributed by atoms with Gasteiger partial charge in [0, 0.05) is 71.1 Å². The second kappa shape index (κ2) is 15.6. The third-order valence-electron chi connectivity index (χ3n) is 8.32. The Bertz CT molecular complexity index is 1630. The summed E-state index contributed by atoms with van der Waals surface area (Å²) in [4.78, 5) is 20.9. The van der Waals surface area contributed by atoms with E-state index in [0.29, 0.717) is 0 Å². The molecule has 2 aromatic heterocycles. The predicted molar refractivity (Wildman–Crippen MR) is 176 cm³/mol. The van der Waals surface area contributed by atoms with Crippen molar-refractivity contribution in [3.8, 4) is 11.3 Å². The van der Waals surface area contributed by atoms with E-state index in [1.807, 2.05) is 61.1 Å². The molecule has 1 radical (unpaired) electrons. The summed E-state index contributed by atoms with van der Waals surface area (Å²) in [5.41, 5.74) is 6.40. The van der Waals surface area contributed by atoms with Crippen molar-refractivity contribution in [1.29, 1.82) is 0 Å². The number of hydrogen-bond acceptors (Lipinski definition) is 4. The minimum atomic E-state index is 0. The van der Waals surface area contributed by atoms with E-state index in [1.165, 1.54) is 17.0 Å². The molecule has 235 valence electrons. The molecule has 0 saturated carbocycles. The van der Waals surface area contributed by atoms with E-state index in [-0.39, 0.29) is 48.9 Å². The van der Waals surface area contributed by atoms with Gasteiger partial charge in [0.1, 0.15) is 0 Å². The fourth-order valence-electron chi connectivity index (χ4n) is 5.73. The summed E-state index contributed by atoms with van der Waals surface area (Å²) in [6, 6.07) is 16.4. The predicted octanol–water partition coefficient (Wildman–Crippen LogP) is 8.23. The summed E-state index contributed by atoms with van der Waals surface area (Å²) in [7, 11) is 5.90. The van der Waals surface area contributed by atoms with E-state index in [0.717, 1.165) is 59.0 Å². The molecule has 2 aromatic carbocycles. The van der Waals surface area contributed by atoms with Crippen LogP contribution in [0.15, 0.2) is 59.4 Å². The first kappa shape index (κ1) is 36.2. The van der Waals surface area contributed by atoms with Gasteiger partial charge in [-0.1, -0.05) is 77.6 Å². The first-order chi connectivity index (χ1) is 19.9. The topological polar surface area (TPSA) is 72.4 Å². The number of nitrogens with zero attached hydrogens (tertiary/aromatic N) is 4. The van der Waals surface area contributed by atoms with Crippen molar-refractivity contribution in [2.45, 2.75) is 79.6 Å². The monoisotopic (exact) mass is 762 g/mol. The maximum absolute atomic E-state index is 11.7. The Morgan fingerprint density at radius 2 is 1.60 bits per heavy atom. The summed E-state index contributed by atoms with van der Waals surface area (Å²) < 4.78 is 4.21. The van der Waals surface area contributed by atoms with Gasteiger partial charge in [0.2, 0.25) is 5.62 Å². The van der Waals surface area contributed by atoms with Crippen LogP contribution in [0.25, 0.3) is 33.1 Å². The quantitative estimate of drug-likeness (QED) is 0.112. The third-order valence-corrected chi connectivity index (χ3v) is 8.32. The van der Waals surface area contributed by atoms with Gasteiger partial charge in [-0.05, 0) is 37.2 Å². The number of pyridine rings is 1. The molecule has 0 aliphatic heterocycles. The van der Waals surface area contributed by atoms with Gasteiger partial charge in [-0.2, -0.15) is 0 Å². The zero-order valence-electron chi connectivity index (χ0n) is 27.6. The molecule has 7 heteroatoms. The fraction of sp³-hybridized carbons (Fsp3) is 0.472. The minimum Gasteiger partial charge on any atom is -0.512 e. The smallest absolute Gasteiger partial charge is 0.204 e. The van der Waals surface area contributed by atoms with E-state index in [1.54, 1.807) is 0 Å². The zero-order chi connectivity index (χ0) is 31.2. The molecule has 0 bridgehead atoms. The maximum Gasteiger partial charge on any atom is 0.204 e. The number of imidazole rings is 1. The number of carbonyl (C=O) groups is 1. The van der Waals surface area contributed by atoms with Crippen LogP contribution in [0.5, 0.6) is 0 Å². The van der Waals surface area contributed by atoms with Gasteiger partial charge < -0.3 is 14.2 Å². The molecular formula is C36H49IrN4O2-. The number of carbonyl (C=O) groups excluding carboxylic acids is 1. The Labute approximate surface area is 271 Å². The number of fused-ring (bicyclic) bond motifs is 2. The SMILES string of the molecule is CCC(CC)C(=O)/C=C(\O)C(CC)CC.CN=c1n(C)c2ccnc(-c3[c-]c4ccccc4c(C(C)(C)C)c3)c2n1C.[Ir].